The van der Waals surface area contributed by atoms with Crippen LogP contribution in [0.15, 0.2) is 18.2 Å². The van der Waals surface area contributed by atoms with Crippen LogP contribution in [0.4, 0.5) is 0 Å². The number of benzene rings is 1. The highest BCUT2D eigenvalue weighted by molar-refractivity contribution is 5.95. The minimum atomic E-state index is -1.06. The highest BCUT2D eigenvalue weighted by Gasteiger charge is 2.33. The van der Waals surface area contributed by atoms with Crippen molar-refractivity contribution in [3.63, 3.8) is 0 Å². The van der Waals surface area contributed by atoms with Gasteiger partial charge in [0.05, 0.1) is 6.61 Å². The first-order valence-electron chi connectivity index (χ1n) is 8.42. The monoisotopic (exact) mass is 335 g/mol. The Labute approximate surface area is 142 Å². The number of rotatable bonds is 7. The third-order valence-electron chi connectivity index (χ3n) is 4.33. The number of hydrogen-bond acceptors (Lipinski definition) is 4. The number of amides is 1. The van der Waals surface area contributed by atoms with Crippen molar-refractivity contribution in [1.29, 1.82) is 0 Å². The molecule has 0 aliphatic carbocycles. The Morgan fingerprint density at radius 2 is 1.96 bits per heavy atom. The Balaban J connectivity index is 2.25. The molecule has 1 aliphatic rings. The summed E-state index contributed by atoms with van der Waals surface area (Å²) >= 11 is 0. The molecule has 1 saturated heterocycles. The van der Waals surface area contributed by atoms with Crippen LogP contribution >= 0.6 is 0 Å². The zero-order valence-corrected chi connectivity index (χ0v) is 14.4. The van der Waals surface area contributed by atoms with Crippen LogP contribution in [-0.4, -0.2) is 47.2 Å². The summed E-state index contributed by atoms with van der Waals surface area (Å²) in [7, 11) is 0. The van der Waals surface area contributed by atoms with Crippen LogP contribution in [0.1, 0.15) is 50.4 Å². The standard InChI is InChI=1S/C18H25NO5/c1-4-14-8-6-12(3)19(14)18(22)13-7-9-15(24-11-17(20)21)16(10-13)23-5-2/h7,9-10,12,14H,4-6,8,11H2,1-3H3,(H,20,21). The van der Waals surface area contributed by atoms with Crippen LogP contribution in [0.3, 0.4) is 0 Å². The molecular formula is C18H25NO5. The highest BCUT2D eigenvalue weighted by Crippen LogP contribution is 2.32. The predicted molar refractivity (Wildman–Crippen MR) is 89.7 cm³/mol. The highest BCUT2D eigenvalue weighted by atomic mass is 16.5. The van der Waals surface area contributed by atoms with E-state index in [-0.39, 0.29) is 18.0 Å². The van der Waals surface area contributed by atoms with Gasteiger partial charge in [0.2, 0.25) is 0 Å². The quantitative estimate of drug-likeness (QED) is 0.829. The minimum Gasteiger partial charge on any atom is -0.490 e. The van der Waals surface area contributed by atoms with E-state index in [1.807, 2.05) is 11.8 Å². The van der Waals surface area contributed by atoms with Gasteiger partial charge in [-0.25, -0.2) is 4.79 Å². The van der Waals surface area contributed by atoms with Gasteiger partial charge < -0.3 is 19.5 Å². The fourth-order valence-electron chi connectivity index (χ4n) is 3.16. The van der Waals surface area contributed by atoms with Crippen LogP contribution in [-0.2, 0) is 4.79 Å². The summed E-state index contributed by atoms with van der Waals surface area (Å²) in [6.07, 6.45) is 2.98. The van der Waals surface area contributed by atoms with Crippen LogP contribution in [0.2, 0.25) is 0 Å². The smallest absolute Gasteiger partial charge is 0.341 e. The van der Waals surface area contributed by atoms with E-state index < -0.39 is 12.6 Å². The molecule has 1 heterocycles. The minimum absolute atomic E-state index is 0.0161. The number of hydrogen-bond donors (Lipinski definition) is 1. The first-order valence-corrected chi connectivity index (χ1v) is 8.42. The molecule has 2 rings (SSSR count). The van der Waals surface area contributed by atoms with Crippen LogP contribution < -0.4 is 9.47 Å². The molecule has 0 bridgehead atoms. The maximum atomic E-state index is 12.9. The van der Waals surface area contributed by atoms with Crippen molar-refractivity contribution in [2.45, 2.75) is 52.1 Å². The summed E-state index contributed by atoms with van der Waals surface area (Å²) in [6.45, 7) is 5.94. The molecule has 0 radical (unpaired) electrons. The van der Waals surface area contributed by atoms with Crippen molar-refractivity contribution in [2.75, 3.05) is 13.2 Å². The number of nitrogens with zero attached hydrogens (tertiary/aromatic N) is 1. The van der Waals surface area contributed by atoms with Crippen molar-refractivity contribution < 1.29 is 24.2 Å². The van der Waals surface area contributed by atoms with E-state index in [1.165, 1.54) is 0 Å². The summed E-state index contributed by atoms with van der Waals surface area (Å²) in [5.41, 5.74) is 0.535. The van der Waals surface area contributed by atoms with Crippen LogP contribution in [0, 0.1) is 0 Å². The third kappa shape index (κ3) is 3.99. The SMILES string of the molecule is CCOc1cc(C(=O)N2C(C)CCC2CC)ccc1OCC(=O)O. The van der Waals surface area contributed by atoms with Crippen molar-refractivity contribution in [3.8, 4) is 11.5 Å². The molecule has 6 heteroatoms. The lowest BCUT2D eigenvalue weighted by molar-refractivity contribution is -0.139. The second-order valence-corrected chi connectivity index (χ2v) is 5.98. The normalized spacial score (nSPS) is 20.0. The Hall–Kier alpha value is -2.24. The van der Waals surface area contributed by atoms with Gasteiger partial charge >= 0.3 is 5.97 Å². The van der Waals surface area contributed by atoms with Gasteiger partial charge in [-0.3, -0.25) is 4.79 Å². The van der Waals surface area contributed by atoms with Crippen molar-refractivity contribution in [3.05, 3.63) is 23.8 Å². The Bertz CT molecular complexity index is 601. The fraction of sp³-hybridized carbons (Fsp3) is 0.556. The van der Waals surface area contributed by atoms with E-state index in [4.69, 9.17) is 14.6 Å². The van der Waals surface area contributed by atoms with E-state index in [0.29, 0.717) is 23.7 Å². The predicted octanol–water partition coefficient (Wildman–Crippen LogP) is 2.95. The molecule has 1 aromatic carbocycles. The van der Waals surface area contributed by atoms with Crippen molar-refractivity contribution in [1.82, 2.24) is 4.90 Å². The average Bonchev–Trinajstić information content (AvgIpc) is 2.93. The van der Waals surface area contributed by atoms with Gasteiger partial charge in [-0.05, 0) is 51.3 Å². The second kappa shape index (κ2) is 8.04. The van der Waals surface area contributed by atoms with Gasteiger partial charge in [-0.2, -0.15) is 0 Å². The lowest BCUT2D eigenvalue weighted by Crippen LogP contribution is -2.39. The number of aliphatic carboxylic acids is 1. The Morgan fingerprint density at radius 1 is 1.21 bits per heavy atom. The number of ether oxygens (including phenoxy) is 2. The van der Waals surface area contributed by atoms with Crippen LogP contribution in [0.5, 0.6) is 11.5 Å². The van der Waals surface area contributed by atoms with E-state index in [0.717, 1.165) is 19.3 Å². The molecule has 1 N–H and O–H groups in total. The molecule has 0 spiro atoms. The van der Waals surface area contributed by atoms with Gasteiger partial charge in [0, 0.05) is 17.6 Å². The van der Waals surface area contributed by atoms with E-state index >= 15 is 0 Å². The number of likely N-dealkylation sites (tertiary alicyclic amines) is 1. The van der Waals surface area contributed by atoms with E-state index in [2.05, 4.69) is 13.8 Å². The second-order valence-electron chi connectivity index (χ2n) is 5.98. The molecule has 2 atom stereocenters. The maximum Gasteiger partial charge on any atom is 0.341 e. The third-order valence-corrected chi connectivity index (χ3v) is 4.33. The largest absolute Gasteiger partial charge is 0.490 e. The Morgan fingerprint density at radius 3 is 2.58 bits per heavy atom. The molecule has 0 aromatic heterocycles. The Kier molecular flexibility index (Phi) is 6.06. The molecule has 24 heavy (non-hydrogen) atoms. The van der Waals surface area contributed by atoms with Crippen molar-refractivity contribution >= 4 is 11.9 Å². The number of carbonyl (C=O) groups is 2. The van der Waals surface area contributed by atoms with Crippen molar-refractivity contribution in [2.24, 2.45) is 0 Å². The summed E-state index contributed by atoms with van der Waals surface area (Å²) in [6, 6.07) is 5.40. The van der Waals surface area contributed by atoms with Crippen LogP contribution in [0.25, 0.3) is 0 Å². The summed E-state index contributed by atoms with van der Waals surface area (Å²) in [5, 5.41) is 8.74. The van der Waals surface area contributed by atoms with E-state index in [1.54, 1.807) is 18.2 Å². The molecule has 1 fully saturated rings. The first-order chi connectivity index (χ1) is 11.5. The molecule has 132 valence electrons. The summed E-state index contributed by atoms with van der Waals surface area (Å²) in [5.74, 6) is -0.353. The maximum absolute atomic E-state index is 12.9. The molecule has 2 unspecified atom stereocenters. The molecule has 0 saturated carbocycles. The van der Waals surface area contributed by atoms with Gasteiger partial charge in [0.1, 0.15) is 0 Å². The number of carboxylic acid groups (broad SMARTS) is 1. The number of carbonyl (C=O) groups excluding carboxylic acids is 1. The molecular weight excluding hydrogens is 310 g/mol. The summed E-state index contributed by atoms with van der Waals surface area (Å²) < 4.78 is 10.7. The topological polar surface area (TPSA) is 76.1 Å². The van der Waals surface area contributed by atoms with Gasteiger partial charge in [0.25, 0.3) is 5.91 Å². The lowest BCUT2D eigenvalue weighted by Gasteiger charge is -2.28. The van der Waals surface area contributed by atoms with Gasteiger partial charge in [0.15, 0.2) is 18.1 Å². The zero-order valence-electron chi connectivity index (χ0n) is 14.4. The number of carboxylic acids is 1. The lowest BCUT2D eigenvalue weighted by atomic mass is 10.1. The average molecular weight is 335 g/mol. The molecule has 1 aliphatic heterocycles. The molecule has 6 nitrogen and oxygen atoms in total. The fourth-order valence-corrected chi connectivity index (χ4v) is 3.16. The zero-order chi connectivity index (χ0) is 17.7. The van der Waals surface area contributed by atoms with E-state index in [9.17, 15) is 9.59 Å². The molecule has 1 aromatic rings. The molecule has 1 amide bonds. The van der Waals surface area contributed by atoms with Gasteiger partial charge in [-0.15, -0.1) is 0 Å². The summed E-state index contributed by atoms with van der Waals surface area (Å²) in [4.78, 5) is 25.5. The van der Waals surface area contributed by atoms with Gasteiger partial charge in [-0.1, -0.05) is 6.92 Å². The first kappa shape index (κ1) is 18.1.